The highest BCUT2D eigenvalue weighted by Crippen LogP contribution is 2.40. The molecule has 28 heavy (non-hydrogen) atoms. The Kier molecular flexibility index (Phi) is 7.02. The van der Waals surface area contributed by atoms with Crippen molar-refractivity contribution in [2.45, 2.75) is 18.3 Å². The minimum atomic E-state index is -1.36. The van der Waals surface area contributed by atoms with Crippen LogP contribution in [-0.4, -0.2) is 82.0 Å². The second-order valence-corrected chi connectivity index (χ2v) is 6.95. The number of aliphatic carboxylic acids is 1. The summed E-state index contributed by atoms with van der Waals surface area (Å²) in [5, 5.41) is 14.4. The number of nitrogens with zero attached hydrogens (tertiary/aromatic N) is 2. The predicted molar refractivity (Wildman–Crippen MR) is 96.5 cm³/mol. The third-order valence-corrected chi connectivity index (χ3v) is 5.35. The molecule has 2 rings (SSSR count). The fourth-order valence-electron chi connectivity index (χ4n) is 2.57. The molecular weight excluding hydrogens is 418 g/mol. The zero-order valence-corrected chi connectivity index (χ0v) is 16.3. The fourth-order valence-corrected chi connectivity index (χ4v) is 4.02. The number of carboxylic acids is 1. The maximum absolute atomic E-state index is 12.5. The van der Waals surface area contributed by atoms with Crippen LogP contribution in [0.2, 0.25) is 0 Å². The number of oxime groups is 1. The fraction of sp³-hybridized carbons (Fsp3) is 0.467. The Bertz CT molecular complexity index is 796. The molecule has 0 aromatic carbocycles. The van der Waals surface area contributed by atoms with Crippen LogP contribution in [-0.2, 0) is 33.5 Å². The molecule has 152 valence electrons. The highest BCUT2D eigenvalue weighted by atomic mass is 35.5. The minimum absolute atomic E-state index is 0.176. The molecule has 2 atom stereocenters. The number of halogens is 1. The van der Waals surface area contributed by atoms with E-state index >= 15 is 0 Å². The lowest BCUT2D eigenvalue weighted by Crippen LogP contribution is -2.71. The molecule has 0 bridgehead atoms. The van der Waals surface area contributed by atoms with Gasteiger partial charge in [-0.3, -0.25) is 24.1 Å². The average molecular weight is 434 g/mol. The number of fused-ring (bicyclic) bond motifs is 1. The van der Waals surface area contributed by atoms with E-state index in [2.05, 4.69) is 15.3 Å². The van der Waals surface area contributed by atoms with Gasteiger partial charge in [0.2, 0.25) is 11.5 Å². The smallest absolute Gasteiger partial charge is 0.352 e. The summed E-state index contributed by atoms with van der Waals surface area (Å²) in [5.41, 5.74) is -0.627. The van der Waals surface area contributed by atoms with Gasteiger partial charge in [0.25, 0.3) is 11.8 Å². The van der Waals surface area contributed by atoms with Gasteiger partial charge in [0.1, 0.15) is 30.8 Å². The Balaban J connectivity index is 2.18. The predicted octanol–water partition coefficient (Wildman–Crippen LogP) is -0.902. The summed E-state index contributed by atoms with van der Waals surface area (Å²) in [6.07, 6.45) is 0. The van der Waals surface area contributed by atoms with Crippen LogP contribution in [0.1, 0.15) is 6.92 Å². The summed E-state index contributed by atoms with van der Waals surface area (Å²) in [5.74, 6) is -4.71. The van der Waals surface area contributed by atoms with E-state index in [1.807, 2.05) is 0 Å². The Morgan fingerprint density at radius 1 is 1.39 bits per heavy atom. The number of alkyl halides is 1. The number of thioether (sulfide) groups is 1. The molecule has 2 heterocycles. The second-order valence-electron chi connectivity index (χ2n) is 5.58. The Labute approximate surface area is 168 Å². The molecule has 2 aliphatic rings. The molecule has 0 aromatic rings. The molecule has 0 spiro atoms. The summed E-state index contributed by atoms with van der Waals surface area (Å²) in [7, 11) is 1.14. The van der Waals surface area contributed by atoms with E-state index in [-0.39, 0.29) is 23.6 Å². The van der Waals surface area contributed by atoms with Crippen molar-refractivity contribution in [2.75, 3.05) is 25.3 Å². The zero-order valence-electron chi connectivity index (χ0n) is 14.8. The maximum Gasteiger partial charge on any atom is 0.352 e. The molecule has 13 heteroatoms. The van der Waals surface area contributed by atoms with Gasteiger partial charge in [0.05, 0.1) is 5.88 Å². The van der Waals surface area contributed by atoms with Crippen LogP contribution in [0.3, 0.4) is 0 Å². The van der Waals surface area contributed by atoms with Crippen LogP contribution in [0.15, 0.2) is 16.4 Å². The highest BCUT2D eigenvalue weighted by Gasteiger charge is 2.54. The summed E-state index contributed by atoms with van der Waals surface area (Å²) in [4.78, 5) is 64.4. The standard InChI is InChI=1S/C15H16ClN3O8S/c1-6(20)27-4-7-5-28-14-10(13(23)19(14)11(7)15(24)25)17-12(22)9(18-26-2)8(21)3-16/h10,14H,3-5H2,1-2H3,(H,17,22)(H,24,25)/t10-,14-/m1/s1. The third-order valence-electron chi connectivity index (χ3n) is 3.77. The first-order valence-electron chi connectivity index (χ1n) is 7.77. The molecule has 1 saturated heterocycles. The van der Waals surface area contributed by atoms with Crippen molar-refractivity contribution in [3.8, 4) is 0 Å². The number of rotatable bonds is 8. The number of amides is 2. The van der Waals surface area contributed by atoms with Crippen molar-refractivity contribution in [2.24, 2.45) is 5.16 Å². The topological polar surface area (TPSA) is 152 Å². The van der Waals surface area contributed by atoms with Gasteiger partial charge in [0.15, 0.2) is 0 Å². The molecule has 0 aliphatic carbocycles. The largest absolute Gasteiger partial charge is 0.477 e. The van der Waals surface area contributed by atoms with Gasteiger partial charge in [-0.2, -0.15) is 0 Å². The molecule has 11 nitrogen and oxygen atoms in total. The molecule has 2 amide bonds. The minimum Gasteiger partial charge on any atom is -0.477 e. The number of esters is 1. The number of Topliss-reactive ketones (excluding diaryl/α,β-unsaturated/α-hetero) is 1. The van der Waals surface area contributed by atoms with Gasteiger partial charge in [-0.25, -0.2) is 4.79 Å². The molecule has 1 fully saturated rings. The van der Waals surface area contributed by atoms with Crippen molar-refractivity contribution in [3.05, 3.63) is 11.3 Å². The number of carboxylic acid groups (broad SMARTS) is 1. The average Bonchev–Trinajstić information content (AvgIpc) is 2.66. The van der Waals surface area contributed by atoms with Crippen LogP contribution in [0.25, 0.3) is 0 Å². The lowest BCUT2D eigenvalue weighted by molar-refractivity contribution is -0.150. The van der Waals surface area contributed by atoms with Gasteiger partial charge in [-0.15, -0.1) is 23.4 Å². The van der Waals surface area contributed by atoms with Crippen LogP contribution in [0, 0.1) is 0 Å². The van der Waals surface area contributed by atoms with Crippen LogP contribution in [0.5, 0.6) is 0 Å². The SMILES string of the molecule is CON=C(C(=O)CCl)C(=O)N[C@@H]1C(=O)N2C(C(=O)O)=C(COC(C)=O)CS[C@H]12. The van der Waals surface area contributed by atoms with Crippen LogP contribution < -0.4 is 5.32 Å². The second kappa shape index (κ2) is 9.06. The summed E-state index contributed by atoms with van der Waals surface area (Å²) < 4.78 is 4.83. The van der Waals surface area contributed by atoms with E-state index in [1.165, 1.54) is 18.7 Å². The lowest BCUT2D eigenvalue weighted by Gasteiger charge is -2.49. The van der Waals surface area contributed by atoms with Crippen molar-refractivity contribution >= 4 is 58.6 Å². The Morgan fingerprint density at radius 3 is 2.61 bits per heavy atom. The lowest BCUT2D eigenvalue weighted by atomic mass is 10.0. The van der Waals surface area contributed by atoms with Crippen molar-refractivity contribution < 1.29 is 38.7 Å². The van der Waals surface area contributed by atoms with E-state index in [0.717, 1.165) is 12.0 Å². The summed E-state index contributed by atoms with van der Waals surface area (Å²) in [6.45, 7) is 0.924. The first-order valence-corrected chi connectivity index (χ1v) is 9.35. The van der Waals surface area contributed by atoms with Crippen molar-refractivity contribution in [3.63, 3.8) is 0 Å². The number of nitrogens with one attached hydrogen (secondary N) is 1. The normalized spacial score (nSPS) is 21.5. The Hall–Kier alpha value is -2.60. The summed E-state index contributed by atoms with van der Waals surface area (Å²) >= 11 is 6.60. The molecule has 0 unspecified atom stereocenters. The summed E-state index contributed by atoms with van der Waals surface area (Å²) in [6, 6.07) is -1.06. The van der Waals surface area contributed by atoms with Crippen molar-refractivity contribution in [1.29, 1.82) is 0 Å². The number of hydrogen-bond donors (Lipinski definition) is 2. The van der Waals surface area contributed by atoms with Crippen molar-refractivity contribution in [1.82, 2.24) is 10.2 Å². The molecule has 2 N–H and O–H groups in total. The molecule has 0 radical (unpaired) electrons. The van der Waals surface area contributed by atoms with E-state index in [1.54, 1.807) is 0 Å². The van der Waals surface area contributed by atoms with Gasteiger partial charge in [0, 0.05) is 18.2 Å². The monoisotopic (exact) mass is 433 g/mol. The van der Waals surface area contributed by atoms with E-state index in [0.29, 0.717) is 0 Å². The van der Waals surface area contributed by atoms with Gasteiger partial charge in [-0.05, 0) is 0 Å². The number of hydrogen-bond acceptors (Lipinski definition) is 9. The Morgan fingerprint density at radius 2 is 2.07 bits per heavy atom. The number of ether oxygens (including phenoxy) is 1. The van der Waals surface area contributed by atoms with Gasteiger partial charge in [-0.1, -0.05) is 5.16 Å². The van der Waals surface area contributed by atoms with Gasteiger partial charge >= 0.3 is 11.9 Å². The third kappa shape index (κ3) is 4.28. The number of carbonyl (C=O) groups excluding carboxylic acids is 4. The number of carbonyl (C=O) groups is 5. The number of β-lactam (4-membered cyclic amide) rings is 1. The van der Waals surface area contributed by atoms with Crippen LogP contribution >= 0.6 is 23.4 Å². The number of ketones is 1. The maximum atomic E-state index is 12.5. The van der Waals surface area contributed by atoms with Gasteiger partial charge < -0.3 is 20.0 Å². The zero-order chi connectivity index (χ0) is 21.0. The van der Waals surface area contributed by atoms with E-state index in [9.17, 15) is 29.1 Å². The highest BCUT2D eigenvalue weighted by molar-refractivity contribution is 8.00. The quantitative estimate of drug-likeness (QED) is 0.124. The first-order chi connectivity index (χ1) is 13.2. The molecule has 0 aromatic heterocycles. The van der Waals surface area contributed by atoms with E-state index in [4.69, 9.17) is 16.3 Å². The first kappa shape index (κ1) is 21.7. The van der Waals surface area contributed by atoms with E-state index < -0.39 is 52.5 Å². The van der Waals surface area contributed by atoms with Crippen LogP contribution in [0.4, 0.5) is 0 Å². The molecule has 0 saturated carbocycles. The molecular formula is C15H16ClN3O8S. The molecule has 2 aliphatic heterocycles.